The molecule has 20 heavy (non-hydrogen) atoms. The van der Waals surface area contributed by atoms with Crippen molar-refractivity contribution in [3.8, 4) is 17.3 Å². The molecule has 102 valence electrons. The normalized spacial score (nSPS) is 10.1. The van der Waals surface area contributed by atoms with Crippen LogP contribution in [-0.4, -0.2) is 11.5 Å². The van der Waals surface area contributed by atoms with E-state index in [0.29, 0.717) is 11.4 Å². The largest absolute Gasteiger partial charge is 0.369 e. The van der Waals surface area contributed by atoms with Crippen molar-refractivity contribution in [2.24, 2.45) is 0 Å². The highest BCUT2D eigenvalue weighted by atomic mass is 15.0. The van der Waals surface area contributed by atoms with Gasteiger partial charge < -0.3 is 5.32 Å². The predicted molar refractivity (Wildman–Crippen MR) is 82.6 cm³/mol. The van der Waals surface area contributed by atoms with Gasteiger partial charge in [0.25, 0.3) is 0 Å². The first kappa shape index (κ1) is 14.1. The van der Waals surface area contributed by atoms with Crippen LogP contribution >= 0.6 is 0 Å². The van der Waals surface area contributed by atoms with Crippen LogP contribution in [0.15, 0.2) is 30.3 Å². The summed E-state index contributed by atoms with van der Waals surface area (Å²) in [6.07, 6.45) is 1.00. The molecule has 3 heteroatoms. The van der Waals surface area contributed by atoms with E-state index in [9.17, 15) is 0 Å². The van der Waals surface area contributed by atoms with Crippen LogP contribution in [-0.2, 0) is 0 Å². The fraction of sp³-hybridized carbons (Fsp3) is 0.294. The fourth-order valence-corrected chi connectivity index (χ4v) is 2.18. The first-order valence-electron chi connectivity index (χ1n) is 6.88. The minimum absolute atomic E-state index is 0.590. The summed E-state index contributed by atoms with van der Waals surface area (Å²) in [6.45, 7) is 7.07. The first-order chi connectivity index (χ1) is 9.65. The molecular formula is C17H19N3. The van der Waals surface area contributed by atoms with Crippen molar-refractivity contribution in [3.63, 3.8) is 0 Å². The topological polar surface area (TPSA) is 48.7 Å². The van der Waals surface area contributed by atoms with E-state index in [2.05, 4.69) is 55.3 Å². The summed E-state index contributed by atoms with van der Waals surface area (Å²) >= 11 is 0. The van der Waals surface area contributed by atoms with E-state index >= 15 is 0 Å². The van der Waals surface area contributed by atoms with Crippen LogP contribution < -0.4 is 5.32 Å². The van der Waals surface area contributed by atoms with Gasteiger partial charge in [0.15, 0.2) is 0 Å². The van der Waals surface area contributed by atoms with Crippen molar-refractivity contribution >= 4 is 5.82 Å². The highest BCUT2D eigenvalue weighted by molar-refractivity contribution is 5.67. The third-order valence-electron chi connectivity index (χ3n) is 3.22. The van der Waals surface area contributed by atoms with Crippen molar-refractivity contribution in [2.75, 3.05) is 11.9 Å². The SMILES string of the molecule is CCCNc1nc(-c2ccc(C)cc2C)ccc1C#N. The Bertz CT molecular complexity index is 654. The number of aryl methyl sites for hydroxylation is 2. The van der Waals surface area contributed by atoms with Gasteiger partial charge in [-0.2, -0.15) is 5.26 Å². The van der Waals surface area contributed by atoms with E-state index in [-0.39, 0.29) is 0 Å². The lowest BCUT2D eigenvalue weighted by Gasteiger charge is -2.10. The first-order valence-corrected chi connectivity index (χ1v) is 6.88. The molecule has 0 spiro atoms. The van der Waals surface area contributed by atoms with Gasteiger partial charge in [0, 0.05) is 12.1 Å². The van der Waals surface area contributed by atoms with E-state index in [1.54, 1.807) is 0 Å². The summed E-state index contributed by atoms with van der Waals surface area (Å²) in [6, 6.07) is 12.2. The van der Waals surface area contributed by atoms with E-state index in [0.717, 1.165) is 24.2 Å². The lowest BCUT2D eigenvalue weighted by atomic mass is 10.0. The molecule has 2 rings (SSSR count). The lowest BCUT2D eigenvalue weighted by molar-refractivity contribution is 0.968. The number of rotatable bonds is 4. The Labute approximate surface area is 120 Å². The second-order valence-electron chi connectivity index (χ2n) is 4.95. The van der Waals surface area contributed by atoms with E-state index < -0.39 is 0 Å². The van der Waals surface area contributed by atoms with Crippen LogP contribution in [0.25, 0.3) is 11.3 Å². The number of nitrogens with one attached hydrogen (secondary N) is 1. The van der Waals surface area contributed by atoms with Crippen molar-refractivity contribution in [2.45, 2.75) is 27.2 Å². The molecule has 1 aromatic heterocycles. The standard InChI is InChI=1S/C17H19N3/c1-4-9-19-17-14(11-18)6-8-16(20-17)15-7-5-12(2)10-13(15)3/h5-8,10H,4,9H2,1-3H3,(H,19,20). The molecular weight excluding hydrogens is 246 g/mol. The van der Waals surface area contributed by atoms with Gasteiger partial charge in [-0.1, -0.05) is 30.7 Å². The number of nitrogens with zero attached hydrogens (tertiary/aromatic N) is 2. The molecule has 0 aliphatic rings. The zero-order valence-electron chi connectivity index (χ0n) is 12.2. The maximum Gasteiger partial charge on any atom is 0.144 e. The van der Waals surface area contributed by atoms with Gasteiger partial charge in [0.2, 0.25) is 0 Å². The number of anilines is 1. The molecule has 0 fully saturated rings. The van der Waals surface area contributed by atoms with Gasteiger partial charge in [-0.05, 0) is 38.0 Å². The van der Waals surface area contributed by atoms with Gasteiger partial charge in [0.1, 0.15) is 11.9 Å². The van der Waals surface area contributed by atoms with E-state index in [1.807, 2.05) is 12.1 Å². The molecule has 0 saturated carbocycles. The van der Waals surface area contributed by atoms with Crippen LogP contribution in [0, 0.1) is 25.2 Å². The van der Waals surface area contributed by atoms with Crippen molar-refractivity contribution in [1.82, 2.24) is 4.98 Å². The number of hydrogen-bond donors (Lipinski definition) is 1. The molecule has 1 heterocycles. The Morgan fingerprint density at radius 2 is 2.00 bits per heavy atom. The van der Waals surface area contributed by atoms with Crippen molar-refractivity contribution in [3.05, 3.63) is 47.0 Å². The predicted octanol–water partition coefficient (Wildman–Crippen LogP) is 4.06. The third-order valence-corrected chi connectivity index (χ3v) is 3.22. The van der Waals surface area contributed by atoms with Gasteiger partial charge in [-0.25, -0.2) is 4.98 Å². The molecule has 1 N–H and O–H groups in total. The Kier molecular flexibility index (Phi) is 4.37. The summed E-state index contributed by atoms with van der Waals surface area (Å²) in [4.78, 5) is 4.61. The zero-order chi connectivity index (χ0) is 14.5. The van der Waals surface area contributed by atoms with Crippen molar-refractivity contribution in [1.29, 1.82) is 5.26 Å². The minimum atomic E-state index is 0.590. The summed E-state index contributed by atoms with van der Waals surface area (Å²) in [5, 5.41) is 12.4. The summed E-state index contributed by atoms with van der Waals surface area (Å²) in [7, 11) is 0. The fourth-order valence-electron chi connectivity index (χ4n) is 2.18. The minimum Gasteiger partial charge on any atom is -0.369 e. The molecule has 0 atom stereocenters. The molecule has 3 nitrogen and oxygen atoms in total. The molecule has 0 unspecified atom stereocenters. The lowest BCUT2D eigenvalue weighted by Crippen LogP contribution is -2.05. The summed E-state index contributed by atoms with van der Waals surface area (Å²) < 4.78 is 0. The Morgan fingerprint density at radius 1 is 1.20 bits per heavy atom. The van der Waals surface area contributed by atoms with Gasteiger partial charge in [-0.15, -0.1) is 0 Å². The average Bonchev–Trinajstić information content (AvgIpc) is 2.45. The molecule has 0 aliphatic carbocycles. The van der Waals surface area contributed by atoms with E-state index in [4.69, 9.17) is 5.26 Å². The molecule has 1 aromatic carbocycles. The molecule has 0 amide bonds. The third kappa shape index (κ3) is 2.97. The number of pyridine rings is 1. The number of benzene rings is 1. The highest BCUT2D eigenvalue weighted by Gasteiger charge is 2.08. The number of hydrogen-bond acceptors (Lipinski definition) is 3. The van der Waals surface area contributed by atoms with E-state index in [1.165, 1.54) is 11.1 Å². The molecule has 2 aromatic rings. The highest BCUT2D eigenvalue weighted by Crippen LogP contribution is 2.25. The maximum absolute atomic E-state index is 9.14. The average molecular weight is 265 g/mol. The smallest absolute Gasteiger partial charge is 0.144 e. The van der Waals surface area contributed by atoms with Crippen LogP contribution in [0.5, 0.6) is 0 Å². The van der Waals surface area contributed by atoms with Gasteiger partial charge in [0.05, 0.1) is 11.3 Å². The van der Waals surface area contributed by atoms with Crippen LogP contribution in [0.3, 0.4) is 0 Å². The maximum atomic E-state index is 9.14. The second kappa shape index (κ2) is 6.21. The second-order valence-corrected chi connectivity index (χ2v) is 4.95. The molecule has 0 bridgehead atoms. The monoisotopic (exact) mass is 265 g/mol. The summed E-state index contributed by atoms with van der Waals surface area (Å²) in [5.41, 5.74) is 5.04. The van der Waals surface area contributed by atoms with Crippen LogP contribution in [0.4, 0.5) is 5.82 Å². The van der Waals surface area contributed by atoms with Gasteiger partial charge >= 0.3 is 0 Å². The molecule has 0 aliphatic heterocycles. The Morgan fingerprint density at radius 3 is 2.65 bits per heavy atom. The molecule has 0 radical (unpaired) electrons. The number of aromatic nitrogens is 1. The van der Waals surface area contributed by atoms with Crippen LogP contribution in [0.2, 0.25) is 0 Å². The Hall–Kier alpha value is -2.34. The van der Waals surface area contributed by atoms with Crippen LogP contribution in [0.1, 0.15) is 30.0 Å². The molecule has 0 saturated heterocycles. The quantitative estimate of drug-likeness (QED) is 0.907. The summed E-state index contributed by atoms with van der Waals surface area (Å²) in [5.74, 6) is 0.673. The zero-order valence-corrected chi connectivity index (χ0v) is 12.2. The Balaban J connectivity index is 2.45. The van der Waals surface area contributed by atoms with Crippen molar-refractivity contribution < 1.29 is 0 Å². The number of nitriles is 1. The van der Waals surface area contributed by atoms with Gasteiger partial charge in [-0.3, -0.25) is 0 Å².